The minimum Gasteiger partial charge on any atom is -0.477 e. The molecule has 2 fully saturated rings. The first-order chi connectivity index (χ1) is 17.5. The molecule has 2 aromatic heterocycles. The van der Waals surface area contributed by atoms with Crippen LogP contribution in [0.2, 0.25) is 0 Å². The summed E-state index contributed by atoms with van der Waals surface area (Å²) >= 11 is 2.53. The molecular formula is C26H34N2O8S2. The molecule has 10 nitrogen and oxygen atoms in total. The number of aromatic carboxylic acids is 2. The normalized spacial score (nSPS) is 21.8. The maximum absolute atomic E-state index is 11.6. The molecule has 2 aliphatic rings. The molecule has 0 unspecified atom stereocenters. The Balaban J connectivity index is 0.000000211. The van der Waals surface area contributed by atoms with E-state index in [2.05, 4.69) is 10.6 Å². The number of carboxylic acid groups (broad SMARTS) is 2. The predicted molar refractivity (Wildman–Crippen MR) is 144 cm³/mol. The van der Waals surface area contributed by atoms with Gasteiger partial charge in [0.15, 0.2) is 0 Å². The first kappa shape index (κ1) is 29.4. The van der Waals surface area contributed by atoms with Gasteiger partial charge in [-0.05, 0) is 78.6 Å². The monoisotopic (exact) mass is 566 g/mol. The largest absolute Gasteiger partial charge is 0.477 e. The lowest BCUT2D eigenvalue weighted by Crippen LogP contribution is -2.34. The summed E-state index contributed by atoms with van der Waals surface area (Å²) in [6, 6.07) is 6.94. The highest BCUT2D eigenvalue weighted by Gasteiger charge is 2.42. The number of hydrogen-bond acceptors (Lipinski definition) is 8. The Morgan fingerprint density at radius 1 is 0.711 bits per heavy atom. The summed E-state index contributed by atoms with van der Waals surface area (Å²) in [5, 5.41) is 23.3. The molecule has 0 spiro atoms. The zero-order valence-electron chi connectivity index (χ0n) is 22.2. The fourth-order valence-corrected chi connectivity index (χ4v) is 5.64. The average molecular weight is 567 g/mol. The van der Waals surface area contributed by atoms with Crippen molar-refractivity contribution in [2.45, 2.75) is 89.5 Å². The van der Waals surface area contributed by atoms with E-state index in [0.29, 0.717) is 9.75 Å². The van der Waals surface area contributed by atoms with Crippen molar-refractivity contribution in [3.63, 3.8) is 0 Å². The van der Waals surface area contributed by atoms with E-state index in [4.69, 9.17) is 19.7 Å². The average Bonchev–Trinajstić information content (AvgIpc) is 3.54. The van der Waals surface area contributed by atoms with Crippen LogP contribution in [-0.2, 0) is 9.47 Å². The molecule has 2 heterocycles. The second kappa shape index (κ2) is 11.3. The van der Waals surface area contributed by atoms with Crippen LogP contribution in [0.3, 0.4) is 0 Å². The van der Waals surface area contributed by atoms with Gasteiger partial charge in [-0.1, -0.05) is 0 Å². The van der Waals surface area contributed by atoms with Gasteiger partial charge >= 0.3 is 24.1 Å². The molecule has 208 valence electrons. The predicted octanol–water partition coefficient (Wildman–Crippen LogP) is 5.65. The lowest BCUT2D eigenvalue weighted by Gasteiger charge is -2.19. The molecular weight excluding hydrogens is 532 g/mol. The van der Waals surface area contributed by atoms with Crippen molar-refractivity contribution in [2.75, 3.05) is 0 Å². The highest BCUT2D eigenvalue weighted by atomic mass is 32.1. The number of carbonyl (C=O) groups is 4. The molecule has 38 heavy (non-hydrogen) atoms. The number of carbonyl (C=O) groups excluding carboxylic acids is 2. The van der Waals surface area contributed by atoms with Crippen LogP contribution in [0.25, 0.3) is 0 Å². The van der Waals surface area contributed by atoms with Crippen LogP contribution >= 0.6 is 22.7 Å². The fourth-order valence-electron chi connectivity index (χ4n) is 3.59. The van der Waals surface area contributed by atoms with Gasteiger partial charge in [0.25, 0.3) is 0 Å². The first-order valence-electron chi connectivity index (χ1n) is 12.2. The van der Waals surface area contributed by atoms with Crippen LogP contribution in [-0.4, -0.2) is 57.6 Å². The molecule has 4 rings (SSSR count). The summed E-state index contributed by atoms with van der Waals surface area (Å²) < 4.78 is 10.4. The van der Waals surface area contributed by atoms with Crippen molar-refractivity contribution in [3.8, 4) is 0 Å². The number of nitrogens with one attached hydrogen (secondary N) is 2. The van der Waals surface area contributed by atoms with Gasteiger partial charge in [-0.25, -0.2) is 19.2 Å². The second-order valence-electron chi connectivity index (χ2n) is 11.2. The van der Waals surface area contributed by atoms with Crippen LogP contribution in [0.5, 0.6) is 0 Å². The molecule has 0 aromatic carbocycles. The van der Waals surface area contributed by atoms with Gasteiger partial charge in [-0.15, -0.1) is 22.7 Å². The van der Waals surface area contributed by atoms with Crippen molar-refractivity contribution in [3.05, 3.63) is 43.8 Å². The van der Waals surface area contributed by atoms with Crippen molar-refractivity contribution < 1.29 is 38.9 Å². The van der Waals surface area contributed by atoms with Gasteiger partial charge in [0.2, 0.25) is 0 Å². The summed E-state index contributed by atoms with van der Waals surface area (Å²) in [5.41, 5.74) is -1.01. The van der Waals surface area contributed by atoms with E-state index < -0.39 is 35.3 Å². The molecule has 4 atom stereocenters. The maximum atomic E-state index is 11.6. The van der Waals surface area contributed by atoms with Crippen LogP contribution in [0.1, 0.15) is 95.3 Å². The van der Waals surface area contributed by atoms with Crippen molar-refractivity contribution in [1.82, 2.24) is 10.6 Å². The minimum atomic E-state index is -0.909. The summed E-state index contributed by atoms with van der Waals surface area (Å²) in [6.07, 6.45) is 0.822. The van der Waals surface area contributed by atoms with Crippen molar-refractivity contribution >= 4 is 46.8 Å². The van der Waals surface area contributed by atoms with E-state index in [1.54, 1.807) is 12.1 Å². The lowest BCUT2D eigenvalue weighted by atomic mass is 10.2. The van der Waals surface area contributed by atoms with Gasteiger partial charge in [0, 0.05) is 33.7 Å². The zero-order valence-corrected chi connectivity index (χ0v) is 23.8. The van der Waals surface area contributed by atoms with E-state index in [9.17, 15) is 19.2 Å². The molecule has 2 aliphatic carbocycles. The van der Waals surface area contributed by atoms with Crippen LogP contribution in [0, 0.1) is 0 Å². The van der Waals surface area contributed by atoms with Crippen LogP contribution in [0.15, 0.2) is 24.3 Å². The second-order valence-corrected chi connectivity index (χ2v) is 13.4. The molecule has 4 N–H and O–H groups in total. The summed E-state index contributed by atoms with van der Waals surface area (Å²) in [7, 11) is 0. The summed E-state index contributed by atoms with van der Waals surface area (Å²) in [5.74, 6) is -1.39. The number of ether oxygens (including phenoxy) is 2. The van der Waals surface area contributed by atoms with Gasteiger partial charge in [-0.2, -0.15) is 0 Å². The molecule has 2 amide bonds. The molecule has 0 bridgehead atoms. The molecule has 2 saturated carbocycles. The lowest BCUT2D eigenvalue weighted by molar-refractivity contribution is 0.0511. The first-order valence-corrected chi connectivity index (χ1v) is 13.8. The third kappa shape index (κ3) is 9.02. The molecule has 0 aliphatic heterocycles. The van der Waals surface area contributed by atoms with E-state index in [0.717, 1.165) is 22.6 Å². The van der Waals surface area contributed by atoms with Crippen molar-refractivity contribution in [2.24, 2.45) is 0 Å². The zero-order chi connectivity index (χ0) is 28.4. The Labute approximate surface area is 229 Å². The van der Waals surface area contributed by atoms with E-state index in [-0.39, 0.29) is 23.9 Å². The minimum absolute atomic E-state index is 0.0511. The number of alkyl carbamates (subject to hydrolysis) is 2. The van der Waals surface area contributed by atoms with Gasteiger partial charge in [0.05, 0.1) is 0 Å². The summed E-state index contributed by atoms with van der Waals surface area (Å²) in [4.78, 5) is 47.4. The Morgan fingerprint density at radius 2 is 1.05 bits per heavy atom. The Hall–Kier alpha value is -3.12. The number of hydrogen-bond donors (Lipinski definition) is 4. The molecule has 0 saturated heterocycles. The number of carboxylic acids is 2. The van der Waals surface area contributed by atoms with Crippen molar-refractivity contribution in [1.29, 1.82) is 0 Å². The highest BCUT2D eigenvalue weighted by molar-refractivity contribution is 7.14. The van der Waals surface area contributed by atoms with Gasteiger partial charge < -0.3 is 30.3 Å². The smallest absolute Gasteiger partial charge is 0.407 e. The third-order valence-electron chi connectivity index (χ3n) is 5.39. The molecule has 2 aromatic rings. The van der Waals surface area contributed by atoms with Crippen LogP contribution in [0.4, 0.5) is 9.59 Å². The number of thiophene rings is 2. The Kier molecular flexibility index (Phi) is 8.77. The Morgan fingerprint density at radius 3 is 1.32 bits per heavy atom. The summed E-state index contributed by atoms with van der Waals surface area (Å²) in [6.45, 7) is 10.9. The standard InChI is InChI=1S/2C13H17NO4S/c2*1-13(2,3)18-12(17)14-8-6-7(8)9-4-5-10(19-9)11(15)16/h2*4-5,7-8H,6H2,1-3H3,(H,14,17)(H,15,16)/t2*7-,8-/m10/s1. The number of amides is 2. The quantitative estimate of drug-likeness (QED) is 0.350. The molecule has 0 radical (unpaired) electrons. The van der Waals surface area contributed by atoms with E-state index >= 15 is 0 Å². The third-order valence-corrected chi connectivity index (χ3v) is 7.80. The van der Waals surface area contributed by atoms with E-state index in [1.165, 1.54) is 22.7 Å². The highest BCUT2D eigenvalue weighted by Crippen LogP contribution is 2.44. The van der Waals surface area contributed by atoms with Gasteiger partial charge in [0.1, 0.15) is 21.0 Å². The number of rotatable bonds is 6. The van der Waals surface area contributed by atoms with Gasteiger partial charge in [-0.3, -0.25) is 0 Å². The maximum Gasteiger partial charge on any atom is 0.407 e. The Bertz CT molecular complexity index is 1100. The molecule has 12 heteroatoms. The topological polar surface area (TPSA) is 151 Å². The van der Waals surface area contributed by atoms with E-state index in [1.807, 2.05) is 53.7 Å². The fraction of sp³-hybridized carbons (Fsp3) is 0.538. The SMILES string of the molecule is CC(C)(C)OC(=O)N[C@@H]1C[C@H]1c1ccc(C(=O)O)s1.CC(C)(C)OC(=O)N[C@H]1C[C@@H]1c1ccc(C(=O)O)s1. The van der Waals surface area contributed by atoms with Crippen LogP contribution < -0.4 is 10.6 Å².